The van der Waals surface area contributed by atoms with Crippen LogP contribution in [-0.2, 0) is 16.6 Å². The smallest absolute Gasteiger partial charge is 0.243 e. The highest BCUT2D eigenvalue weighted by atomic mass is 32.2. The molecule has 1 aromatic heterocycles. The molecule has 1 heterocycles. The second-order valence-electron chi connectivity index (χ2n) is 4.60. The predicted molar refractivity (Wildman–Crippen MR) is 75.2 cm³/mol. The lowest BCUT2D eigenvalue weighted by Gasteiger charge is -2.15. The van der Waals surface area contributed by atoms with Crippen LogP contribution in [0.4, 0.5) is 0 Å². The van der Waals surface area contributed by atoms with Gasteiger partial charge in [-0.2, -0.15) is 5.10 Å². The Kier molecular flexibility index (Phi) is 6.47. The maximum absolute atomic E-state index is 12.2. The van der Waals surface area contributed by atoms with Crippen molar-refractivity contribution in [3.05, 3.63) is 12.4 Å². The van der Waals surface area contributed by atoms with E-state index < -0.39 is 10.0 Å². The molecule has 0 radical (unpaired) electrons. The van der Waals surface area contributed by atoms with E-state index >= 15 is 0 Å². The van der Waals surface area contributed by atoms with E-state index in [1.807, 2.05) is 13.8 Å². The van der Waals surface area contributed by atoms with Crippen LogP contribution in [0.5, 0.6) is 0 Å². The van der Waals surface area contributed by atoms with Gasteiger partial charge >= 0.3 is 0 Å². The lowest BCUT2D eigenvalue weighted by Crippen LogP contribution is -2.34. The van der Waals surface area contributed by atoms with Crippen molar-refractivity contribution >= 4 is 10.0 Å². The molecule has 1 aromatic rings. The van der Waals surface area contributed by atoms with Gasteiger partial charge in [-0.05, 0) is 25.8 Å². The third kappa shape index (κ3) is 4.93. The SMILES string of the molecule is CCCC(CC)NS(=O)(=O)c1cnn(CCCN)c1. The summed E-state index contributed by atoms with van der Waals surface area (Å²) in [7, 11) is -3.46. The summed E-state index contributed by atoms with van der Waals surface area (Å²) in [5.41, 5.74) is 5.41. The summed E-state index contributed by atoms with van der Waals surface area (Å²) in [4.78, 5) is 0.221. The van der Waals surface area contributed by atoms with Crippen LogP contribution in [0.3, 0.4) is 0 Å². The van der Waals surface area contributed by atoms with Crippen LogP contribution in [0.1, 0.15) is 39.5 Å². The minimum Gasteiger partial charge on any atom is -0.330 e. The van der Waals surface area contributed by atoms with Crippen molar-refractivity contribution in [2.75, 3.05) is 6.54 Å². The van der Waals surface area contributed by atoms with E-state index in [1.54, 1.807) is 10.9 Å². The normalized spacial score (nSPS) is 13.6. The van der Waals surface area contributed by atoms with Crippen LogP contribution in [0.25, 0.3) is 0 Å². The zero-order valence-corrected chi connectivity index (χ0v) is 12.5. The quantitative estimate of drug-likeness (QED) is 0.711. The Bertz CT molecular complexity index is 470. The Morgan fingerprint density at radius 3 is 2.79 bits per heavy atom. The van der Waals surface area contributed by atoms with Crippen molar-refractivity contribution < 1.29 is 8.42 Å². The lowest BCUT2D eigenvalue weighted by molar-refractivity contribution is 0.512. The number of rotatable bonds is 9. The maximum atomic E-state index is 12.2. The molecule has 1 unspecified atom stereocenters. The molecule has 0 spiro atoms. The Morgan fingerprint density at radius 2 is 2.21 bits per heavy atom. The van der Waals surface area contributed by atoms with Gasteiger partial charge in [-0.15, -0.1) is 0 Å². The Balaban J connectivity index is 2.73. The summed E-state index contributed by atoms with van der Waals surface area (Å²) in [6.45, 7) is 5.22. The molecule has 0 aliphatic carbocycles. The van der Waals surface area contributed by atoms with Crippen LogP contribution in [-0.4, -0.2) is 30.8 Å². The van der Waals surface area contributed by atoms with Gasteiger partial charge in [0.2, 0.25) is 10.0 Å². The lowest BCUT2D eigenvalue weighted by atomic mass is 10.1. The Hall–Kier alpha value is -0.920. The van der Waals surface area contributed by atoms with Crippen LogP contribution in [0.15, 0.2) is 17.3 Å². The van der Waals surface area contributed by atoms with Crippen molar-refractivity contribution in [2.45, 2.75) is 57.0 Å². The molecule has 110 valence electrons. The molecule has 7 heteroatoms. The fourth-order valence-corrected chi connectivity index (χ4v) is 3.15. The van der Waals surface area contributed by atoms with Gasteiger partial charge < -0.3 is 5.73 Å². The van der Waals surface area contributed by atoms with Gasteiger partial charge in [-0.3, -0.25) is 4.68 Å². The largest absolute Gasteiger partial charge is 0.330 e. The molecule has 0 aliphatic heterocycles. The summed E-state index contributed by atoms with van der Waals surface area (Å²) in [5.74, 6) is 0. The molecule has 1 rings (SSSR count). The fourth-order valence-electron chi connectivity index (χ4n) is 1.84. The number of nitrogens with two attached hydrogens (primary N) is 1. The van der Waals surface area contributed by atoms with Crippen molar-refractivity contribution in [3.63, 3.8) is 0 Å². The number of aromatic nitrogens is 2. The van der Waals surface area contributed by atoms with Crippen molar-refractivity contribution in [1.29, 1.82) is 0 Å². The summed E-state index contributed by atoms with van der Waals surface area (Å²) >= 11 is 0. The highest BCUT2D eigenvalue weighted by molar-refractivity contribution is 7.89. The van der Waals surface area contributed by atoms with E-state index in [0.717, 1.165) is 25.7 Å². The molecule has 6 nitrogen and oxygen atoms in total. The fraction of sp³-hybridized carbons (Fsp3) is 0.750. The molecular weight excluding hydrogens is 264 g/mol. The standard InChI is InChI=1S/C12H24N4O2S/c1-3-6-11(4-2)15-19(17,18)12-9-14-16(10-12)8-5-7-13/h9-11,15H,3-8,13H2,1-2H3. The molecule has 1 atom stereocenters. The van der Waals surface area contributed by atoms with Gasteiger partial charge in [0.15, 0.2) is 0 Å². The predicted octanol–water partition coefficient (Wildman–Crippen LogP) is 1.09. The third-order valence-electron chi connectivity index (χ3n) is 2.96. The Labute approximate surface area is 115 Å². The van der Waals surface area contributed by atoms with E-state index in [9.17, 15) is 8.42 Å². The van der Waals surface area contributed by atoms with Gasteiger partial charge in [0, 0.05) is 18.8 Å². The molecule has 3 N–H and O–H groups in total. The zero-order valence-electron chi connectivity index (χ0n) is 11.7. The number of aryl methyl sites for hydroxylation is 1. The highest BCUT2D eigenvalue weighted by Gasteiger charge is 2.20. The molecule has 19 heavy (non-hydrogen) atoms. The summed E-state index contributed by atoms with van der Waals surface area (Å²) in [5, 5.41) is 4.04. The highest BCUT2D eigenvalue weighted by Crippen LogP contribution is 2.11. The topological polar surface area (TPSA) is 90.0 Å². The summed E-state index contributed by atoms with van der Waals surface area (Å²) in [6.07, 6.45) is 6.30. The van der Waals surface area contributed by atoms with Gasteiger partial charge in [-0.1, -0.05) is 20.3 Å². The van der Waals surface area contributed by atoms with E-state index in [2.05, 4.69) is 9.82 Å². The van der Waals surface area contributed by atoms with E-state index in [0.29, 0.717) is 13.1 Å². The third-order valence-corrected chi connectivity index (χ3v) is 4.44. The summed E-state index contributed by atoms with van der Waals surface area (Å²) < 4.78 is 28.7. The van der Waals surface area contributed by atoms with Crippen molar-refractivity contribution in [1.82, 2.24) is 14.5 Å². The molecule has 0 saturated carbocycles. The Morgan fingerprint density at radius 1 is 1.47 bits per heavy atom. The average Bonchev–Trinajstić information content (AvgIpc) is 2.85. The first kappa shape index (κ1) is 16.1. The van der Waals surface area contributed by atoms with E-state index in [1.165, 1.54) is 6.20 Å². The molecular formula is C12H24N4O2S. The first-order chi connectivity index (χ1) is 9.03. The van der Waals surface area contributed by atoms with Gasteiger partial charge in [0.25, 0.3) is 0 Å². The molecule has 0 fully saturated rings. The molecule has 0 amide bonds. The van der Waals surface area contributed by atoms with E-state index in [-0.39, 0.29) is 10.9 Å². The van der Waals surface area contributed by atoms with Crippen LogP contribution < -0.4 is 10.5 Å². The average molecular weight is 288 g/mol. The zero-order chi connectivity index (χ0) is 14.3. The second kappa shape index (κ2) is 7.62. The molecule has 0 saturated heterocycles. The molecule has 0 aromatic carbocycles. The maximum Gasteiger partial charge on any atom is 0.243 e. The molecule has 0 aliphatic rings. The first-order valence-corrected chi connectivity index (χ1v) is 8.26. The number of hydrogen-bond acceptors (Lipinski definition) is 4. The summed E-state index contributed by atoms with van der Waals surface area (Å²) in [6, 6.07) is -0.0117. The van der Waals surface area contributed by atoms with E-state index in [4.69, 9.17) is 5.73 Å². The van der Waals surface area contributed by atoms with Gasteiger partial charge in [-0.25, -0.2) is 13.1 Å². The van der Waals surface area contributed by atoms with Crippen LogP contribution >= 0.6 is 0 Å². The van der Waals surface area contributed by atoms with Crippen LogP contribution in [0.2, 0.25) is 0 Å². The monoisotopic (exact) mass is 288 g/mol. The van der Waals surface area contributed by atoms with Gasteiger partial charge in [0.05, 0.1) is 6.20 Å². The minimum absolute atomic E-state index is 0.0117. The second-order valence-corrected chi connectivity index (χ2v) is 6.31. The van der Waals surface area contributed by atoms with Crippen molar-refractivity contribution in [3.8, 4) is 0 Å². The van der Waals surface area contributed by atoms with Crippen molar-refractivity contribution in [2.24, 2.45) is 5.73 Å². The number of sulfonamides is 1. The number of nitrogens with zero attached hydrogens (tertiary/aromatic N) is 2. The number of hydrogen-bond donors (Lipinski definition) is 2. The van der Waals surface area contributed by atoms with Gasteiger partial charge in [0.1, 0.15) is 4.90 Å². The number of nitrogens with one attached hydrogen (secondary N) is 1. The minimum atomic E-state index is -3.46. The molecule has 0 bridgehead atoms. The van der Waals surface area contributed by atoms with Crippen LogP contribution in [0, 0.1) is 0 Å². The first-order valence-electron chi connectivity index (χ1n) is 6.78.